The molecule has 0 saturated carbocycles. The maximum absolute atomic E-state index is 2.30. The van der Waals surface area contributed by atoms with Crippen molar-refractivity contribution < 1.29 is 0 Å². The Bertz CT molecular complexity index is 796. The molecule has 0 N–H and O–H groups in total. The molecule has 0 radical (unpaired) electrons. The Hall–Kier alpha value is -2.34. The third kappa shape index (κ3) is 1.77. The second-order valence-electron chi connectivity index (χ2n) is 5.35. The first-order chi connectivity index (χ1) is 9.93. The summed E-state index contributed by atoms with van der Waals surface area (Å²) < 4.78 is 0. The third-order valence-corrected chi connectivity index (χ3v) is 4.11. The Kier molecular flexibility index (Phi) is 2.67. The first-order valence-electron chi connectivity index (χ1n) is 7.20. The van der Waals surface area contributed by atoms with Crippen molar-refractivity contribution in [3.63, 3.8) is 0 Å². The lowest BCUT2D eigenvalue weighted by molar-refractivity contribution is 1.06. The van der Waals surface area contributed by atoms with Crippen molar-refractivity contribution in [3.8, 4) is 0 Å². The number of hydrogen-bond donors (Lipinski definition) is 0. The quantitative estimate of drug-likeness (QED) is 0.488. The Morgan fingerprint density at radius 1 is 0.750 bits per heavy atom. The number of benzene rings is 3. The van der Waals surface area contributed by atoms with Crippen molar-refractivity contribution in [3.05, 3.63) is 78.4 Å². The van der Waals surface area contributed by atoms with Gasteiger partial charge in [-0.25, -0.2) is 0 Å². The van der Waals surface area contributed by atoms with Crippen molar-refractivity contribution in [2.45, 2.75) is 12.8 Å². The summed E-state index contributed by atoms with van der Waals surface area (Å²) in [5.41, 5.74) is 2.88. The van der Waals surface area contributed by atoms with Crippen LogP contribution in [0.25, 0.3) is 27.1 Å². The van der Waals surface area contributed by atoms with E-state index in [2.05, 4.69) is 72.8 Å². The van der Waals surface area contributed by atoms with Gasteiger partial charge in [-0.3, -0.25) is 0 Å². The van der Waals surface area contributed by atoms with E-state index in [1.807, 2.05) is 0 Å². The second-order valence-corrected chi connectivity index (χ2v) is 5.35. The average Bonchev–Trinajstić information content (AvgIpc) is 2.53. The van der Waals surface area contributed by atoms with Gasteiger partial charge in [0.15, 0.2) is 0 Å². The van der Waals surface area contributed by atoms with Gasteiger partial charge in [0.1, 0.15) is 0 Å². The molecular weight excluding hydrogens is 240 g/mol. The van der Waals surface area contributed by atoms with Gasteiger partial charge in [0.25, 0.3) is 0 Å². The predicted octanol–water partition coefficient (Wildman–Crippen LogP) is 5.73. The van der Waals surface area contributed by atoms with Gasteiger partial charge in [0.2, 0.25) is 0 Å². The molecule has 4 rings (SSSR count). The summed E-state index contributed by atoms with van der Waals surface area (Å²) in [5, 5.41) is 5.40. The molecule has 20 heavy (non-hydrogen) atoms. The van der Waals surface area contributed by atoms with E-state index < -0.39 is 0 Å². The molecule has 0 bridgehead atoms. The van der Waals surface area contributed by atoms with E-state index in [-0.39, 0.29) is 0 Å². The molecule has 3 aromatic carbocycles. The summed E-state index contributed by atoms with van der Waals surface area (Å²) in [4.78, 5) is 0. The van der Waals surface area contributed by atoms with Gasteiger partial charge in [0.05, 0.1) is 0 Å². The number of allylic oxidation sites excluding steroid dienone is 4. The zero-order chi connectivity index (χ0) is 13.4. The molecule has 0 spiro atoms. The standard InChI is InChI=1S/C20H16/c1-2-8-15(9-3-1)20-18-12-6-4-10-16(18)14-17-11-5-7-13-19(17)20/h1-2,4-8,10-14H,3,9H2. The van der Waals surface area contributed by atoms with E-state index >= 15 is 0 Å². The number of fused-ring (bicyclic) bond motifs is 2. The smallest absolute Gasteiger partial charge is 0.00672 e. The van der Waals surface area contributed by atoms with Crippen LogP contribution in [0.3, 0.4) is 0 Å². The van der Waals surface area contributed by atoms with E-state index in [0.29, 0.717) is 0 Å². The molecule has 0 atom stereocenters. The summed E-state index contributed by atoms with van der Waals surface area (Å²) in [6, 6.07) is 19.7. The van der Waals surface area contributed by atoms with E-state index in [1.165, 1.54) is 32.7 Å². The van der Waals surface area contributed by atoms with E-state index in [4.69, 9.17) is 0 Å². The predicted molar refractivity (Wildman–Crippen MR) is 87.8 cm³/mol. The Balaban J connectivity index is 2.17. The fourth-order valence-corrected chi connectivity index (χ4v) is 3.17. The summed E-state index contributed by atoms with van der Waals surface area (Å²) in [5.74, 6) is 0. The molecule has 0 saturated heterocycles. The molecule has 96 valence electrons. The van der Waals surface area contributed by atoms with Crippen LogP contribution in [0.2, 0.25) is 0 Å². The molecule has 0 fully saturated rings. The summed E-state index contributed by atoms with van der Waals surface area (Å²) in [7, 11) is 0. The van der Waals surface area contributed by atoms with Crippen LogP contribution in [-0.2, 0) is 0 Å². The highest BCUT2D eigenvalue weighted by molar-refractivity contribution is 6.09. The van der Waals surface area contributed by atoms with Gasteiger partial charge in [-0.15, -0.1) is 0 Å². The highest BCUT2D eigenvalue weighted by Crippen LogP contribution is 2.36. The second kappa shape index (κ2) is 4.64. The van der Waals surface area contributed by atoms with Crippen molar-refractivity contribution >= 4 is 27.1 Å². The number of rotatable bonds is 1. The maximum atomic E-state index is 2.30. The van der Waals surface area contributed by atoms with E-state index in [9.17, 15) is 0 Å². The average molecular weight is 256 g/mol. The normalized spacial score (nSPS) is 14.7. The lowest BCUT2D eigenvalue weighted by Gasteiger charge is -2.16. The van der Waals surface area contributed by atoms with Crippen LogP contribution in [0.5, 0.6) is 0 Å². The molecule has 0 unspecified atom stereocenters. The van der Waals surface area contributed by atoms with Crippen LogP contribution in [0.4, 0.5) is 0 Å². The first-order valence-corrected chi connectivity index (χ1v) is 7.20. The lowest BCUT2D eigenvalue weighted by Crippen LogP contribution is -1.92. The minimum Gasteiger partial charge on any atom is -0.0842 e. The first kappa shape index (κ1) is 11.5. The van der Waals surface area contributed by atoms with Crippen molar-refractivity contribution in [2.75, 3.05) is 0 Å². The minimum atomic E-state index is 1.13. The van der Waals surface area contributed by atoms with Crippen LogP contribution in [0, 0.1) is 0 Å². The van der Waals surface area contributed by atoms with Crippen LogP contribution in [0.15, 0.2) is 72.8 Å². The minimum absolute atomic E-state index is 1.13. The SMILES string of the molecule is C1=CCCC(c2c3ccccc3cc3ccccc23)=C1. The highest BCUT2D eigenvalue weighted by Gasteiger charge is 2.11. The molecule has 0 aromatic heterocycles. The van der Waals surface area contributed by atoms with Crippen molar-refractivity contribution in [1.29, 1.82) is 0 Å². The van der Waals surface area contributed by atoms with Gasteiger partial charge >= 0.3 is 0 Å². The molecule has 0 heterocycles. The summed E-state index contributed by atoms with van der Waals surface area (Å²) in [6.07, 6.45) is 8.99. The summed E-state index contributed by atoms with van der Waals surface area (Å²) >= 11 is 0. The Morgan fingerprint density at radius 3 is 2.00 bits per heavy atom. The van der Waals surface area contributed by atoms with Gasteiger partial charge < -0.3 is 0 Å². The van der Waals surface area contributed by atoms with E-state index in [0.717, 1.165) is 12.8 Å². The Morgan fingerprint density at radius 2 is 1.40 bits per heavy atom. The molecule has 0 amide bonds. The zero-order valence-corrected chi connectivity index (χ0v) is 11.3. The fraction of sp³-hybridized carbons (Fsp3) is 0.100. The largest absolute Gasteiger partial charge is 0.0842 e. The number of hydrogen-bond acceptors (Lipinski definition) is 0. The van der Waals surface area contributed by atoms with E-state index in [1.54, 1.807) is 0 Å². The van der Waals surface area contributed by atoms with Crippen LogP contribution in [0.1, 0.15) is 18.4 Å². The van der Waals surface area contributed by atoms with Gasteiger partial charge in [-0.1, -0.05) is 66.8 Å². The van der Waals surface area contributed by atoms with Gasteiger partial charge in [0, 0.05) is 0 Å². The van der Waals surface area contributed by atoms with Gasteiger partial charge in [-0.2, -0.15) is 0 Å². The fourth-order valence-electron chi connectivity index (χ4n) is 3.17. The van der Waals surface area contributed by atoms with Crippen molar-refractivity contribution in [2.24, 2.45) is 0 Å². The Labute approximate surface area is 119 Å². The van der Waals surface area contributed by atoms with Crippen LogP contribution >= 0.6 is 0 Å². The molecule has 1 aliphatic carbocycles. The third-order valence-electron chi connectivity index (χ3n) is 4.11. The monoisotopic (exact) mass is 256 g/mol. The molecule has 1 aliphatic rings. The molecule has 3 aromatic rings. The highest BCUT2D eigenvalue weighted by atomic mass is 14.2. The molecule has 0 aliphatic heterocycles. The van der Waals surface area contributed by atoms with Crippen molar-refractivity contribution in [1.82, 2.24) is 0 Å². The van der Waals surface area contributed by atoms with Crippen LogP contribution in [-0.4, -0.2) is 0 Å². The van der Waals surface area contributed by atoms with Gasteiger partial charge in [-0.05, 0) is 51.6 Å². The maximum Gasteiger partial charge on any atom is -0.00672 e. The topological polar surface area (TPSA) is 0 Å². The lowest BCUT2D eigenvalue weighted by atomic mass is 9.88. The zero-order valence-electron chi connectivity index (χ0n) is 11.3. The molecule has 0 nitrogen and oxygen atoms in total. The molecule has 0 heteroatoms. The summed E-state index contributed by atoms with van der Waals surface area (Å²) in [6.45, 7) is 0. The van der Waals surface area contributed by atoms with Crippen LogP contribution < -0.4 is 0 Å². The molecular formula is C20H16.